The molecule has 0 atom stereocenters. The van der Waals surface area contributed by atoms with Crippen molar-refractivity contribution in [1.82, 2.24) is 10.2 Å². The number of urea groups is 1. The second kappa shape index (κ2) is 6.45. The molecule has 1 aliphatic carbocycles. The lowest BCUT2D eigenvalue weighted by Crippen LogP contribution is -2.39. The fourth-order valence-electron chi connectivity index (χ4n) is 2.55. The Kier molecular flexibility index (Phi) is 4.65. The highest BCUT2D eigenvalue weighted by atomic mass is 16.4. The first-order valence-electron chi connectivity index (χ1n) is 6.87. The molecular weight excluding hydrogens is 260 g/mol. The topological polar surface area (TPSA) is 82.8 Å². The van der Waals surface area contributed by atoms with Gasteiger partial charge in [0, 0.05) is 13.6 Å². The minimum Gasteiger partial charge on any atom is -0.475 e. The van der Waals surface area contributed by atoms with Gasteiger partial charge < -0.3 is 19.7 Å². The number of carboxylic acids is 1. The molecule has 6 nitrogen and oxygen atoms in total. The van der Waals surface area contributed by atoms with Crippen molar-refractivity contribution in [2.45, 2.75) is 32.2 Å². The summed E-state index contributed by atoms with van der Waals surface area (Å²) in [5.41, 5.74) is 0. The summed E-state index contributed by atoms with van der Waals surface area (Å²) in [7, 11) is 1.78. The summed E-state index contributed by atoms with van der Waals surface area (Å²) in [5, 5.41) is 11.5. The van der Waals surface area contributed by atoms with Gasteiger partial charge in [0.15, 0.2) is 0 Å². The maximum Gasteiger partial charge on any atom is 0.371 e. The van der Waals surface area contributed by atoms with Gasteiger partial charge in [0.1, 0.15) is 5.76 Å². The predicted octanol–water partition coefficient (Wildman–Crippen LogP) is 2.31. The molecule has 1 heterocycles. The van der Waals surface area contributed by atoms with E-state index in [1.165, 1.54) is 31.7 Å². The Hall–Kier alpha value is -1.98. The first kappa shape index (κ1) is 14.4. The van der Waals surface area contributed by atoms with Crippen LogP contribution in [0.1, 0.15) is 42.0 Å². The Balaban J connectivity index is 1.76. The maximum absolute atomic E-state index is 11.9. The highest BCUT2D eigenvalue weighted by molar-refractivity contribution is 5.84. The second-order valence-corrected chi connectivity index (χ2v) is 5.26. The second-order valence-electron chi connectivity index (χ2n) is 5.26. The molecule has 0 aliphatic heterocycles. The highest BCUT2D eigenvalue weighted by Crippen LogP contribution is 2.25. The van der Waals surface area contributed by atoms with Crippen LogP contribution in [0.5, 0.6) is 0 Å². The van der Waals surface area contributed by atoms with Crippen LogP contribution in [0.25, 0.3) is 0 Å². The normalized spacial score (nSPS) is 15.2. The number of nitrogens with zero attached hydrogens (tertiary/aromatic N) is 1. The molecule has 20 heavy (non-hydrogen) atoms. The fraction of sp³-hybridized carbons (Fsp3) is 0.571. The number of hydrogen-bond donors (Lipinski definition) is 2. The van der Waals surface area contributed by atoms with Crippen LogP contribution in [-0.4, -0.2) is 35.6 Å². The van der Waals surface area contributed by atoms with Crippen LogP contribution in [0, 0.1) is 5.92 Å². The summed E-state index contributed by atoms with van der Waals surface area (Å²) in [4.78, 5) is 24.2. The monoisotopic (exact) mass is 280 g/mol. The molecule has 1 aromatic rings. The van der Waals surface area contributed by atoms with Gasteiger partial charge in [-0.3, -0.25) is 0 Å². The Morgan fingerprint density at radius 2 is 2.10 bits per heavy atom. The maximum atomic E-state index is 11.9. The van der Waals surface area contributed by atoms with Crippen molar-refractivity contribution in [3.8, 4) is 0 Å². The average Bonchev–Trinajstić information content (AvgIpc) is 3.06. The Morgan fingerprint density at radius 3 is 2.70 bits per heavy atom. The minimum absolute atomic E-state index is 0.117. The molecule has 1 saturated carbocycles. The summed E-state index contributed by atoms with van der Waals surface area (Å²) >= 11 is 0. The van der Waals surface area contributed by atoms with Crippen molar-refractivity contribution >= 4 is 12.0 Å². The lowest BCUT2D eigenvalue weighted by molar-refractivity contribution is 0.0660. The Labute approximate surface area is 117 Å². The van der Waals surface area contributed by atoms with Crippen molar-refractivity contribution in [1.29, 1.82) is 0 Å². The third-order valence-corrected chi connectivity index (χ3v) is 3.64. The van der Waals surface area contributed by atoms with Crippen LogP contribution in [0.15, 0.2) is 16.5 Å². The summed E-state index contributed by atoms with van der Waals surface area (Å²) < 4.78 is 5.08. The third-order valence-electron chi connectivity index (χ3n) is 3.64. The zero-order valence-corrected chi connectivity index (χ0v) is 11.6. The van der Waals surface area contributed by atoms with Crippen LogP contribution in [0.4, 0.5) is 4.79 Å². The van der Waals surface area contributed by atoms with Crippen LogP contribution in [0.2, 0.25) is 0 Å². The SMILES string of the molecule is CN(CC1CCCC1)C(=O)NCc1ccc(C(=O)O)o1. The number of carbonyl (C=O) groups is 2. The molecule has 1 aromatic heterocycles. The van der Waals surface area contributed by atoms with Gasteiger partial charge in [-0.1, -0.05) is 12.8 Å². The first-order chi connectivity index (χ1) is 9.56. The van der Waals surface area contributed by atoms with E-state index in [1.807, 2.05) is 0 Å². The molecule has 0 bridgehead atoms. The lowest BCUT2D eigenvalue weighted by atomic mass is 10.1. The molecule has 0 spiro atoms. The van der Waals surface area contributed by atoms with Crippen molar-refractivity contribution < 1.29 is 19.1 Å². The number of hydrogen-bond acceptors (Lipinski definition) is 3. The van der Waals surface area contributed by atoms with E-state index in [4.69, 9.17) is 9.52 Å². The van der Waals surface area contributed by atoms with E-state index in [1.54, 1.807) is 18.0 Å². The largest absolute Gasteiger partial charge is 0.475 e. The number of aromatic carboxylic acids is 1. The molecule has 1 aliphatic rings. The van der Waals surface area contributed by atoms with E-state index in [9.17, 15) is 9.59 Å². The molecule has 2 amide bonds. The molecule has 2 N–H and O–H groups in total. The average molecular weight is 280 g/mol. The number of rotatable bonds is 5. The molecule has 1 fully saturated rings. The number of amides is 2. The van der Waals surface area contributed by atoms with Crippen LogP contribution >= 0.6 is 0 Å². The van der Waals surface area contributed by atoms with Gasteiger partial charge in [-0.05, 0) is 30.9 Å². The fourth-order valence-corrected chi connectivity index (χ4v) is 2.55. The van der Waals surface area contributed by atoms with Gasteiger partial charge in [0.05, 0.1) is 6.54 Å². The standard InChI is InChI=1S/C14H20N2O4/c1-16(9-10-4-2-3-5-10)14(19)15-8-11-6-7-12(20-11)13(17)18/h6-7,10H,2-5,8-9H2,1H3,(H,15,19)(H,17,18). The van der Waals surface area contributed by atoms with Gasteiger partial charge in [0.2, 0.25) is 5.76 Å². The Bertz CT molecular complexity index is 477. The number of nitrogens with one attached hydrogen (secondary N) is 1. The molecular formula is C14H20N2O4. The van der Waals surface area contributed by atoms with E-state index in [0.29, 0.717) is 11.7 Å². The molecule has 0 unspecified atom stereocenters. The van der Waals surface area contributed by atoms with Crippen molar-refractivity contribution in [2.24, 2.45) is 5.92 Å². The molecule has 0 radical (unpaired) electrons. The van der Waals surface area contributed by atoms with E-state index in [2.05, 4.69) is 5.32 Å². The highest BCUT2D eigenvalue weighted by Gasteiger charge is 2.19. The molecule has 110 valence electrons. The summed E-state index contributed by atoms with van der Waals surface area (Å²) in [6, 6.07) is 2.78. The number of furan rings is 1. The van der Waals surface area contributed by atoms with Gasteiger partial charge >= 0.3 is 12.0 Å². The predicted molar refractivity (Wildman–Crippen MR) is 72.5 cm³/mol. The van der Waals surface area contributed by atoms with Crippen LogP contribution in [-0.2, 0) is 6.54 Å². The van der Waals surface area contributed by atoms with Crippen molar-refractivity contribution in [3.05, 3.63) is 23.7 Å². The van der Waals surface area contributed by atoms with Gasteiger partial charge in [-0.15, -0.1) is 0 Å². The van der Waals surface area contributed by atoms with Gasteiger partial charge in [0.25, 0.3) is 0 Å². The summed E-state index contributed by atoms with van der Waals surface area (Å²) in [6.07, 6.45) is 4.89. The molecule has 2 rings (SSSR count). The first-order valence-corrected chi connectivity index (χ1v) is 6.87. The Morgan fingerprint density at radius 1 is 1.40 bits per heavy atom. The number of carbonyl (C=O) groups excluding carboxylic acids is 1. The summed E-state index contributed by atoms with van der Waals surface area (Å²) in [6.45, 7) is 0.964. The van der Waals surface area contributed by atoms with Gasteiger partial charge in [-0.25, -0.2) is 9.59 Å². The molecule has 6 heteroatoms. The van der Waals surface area contributed by atoms with E-state index in [-0.39, 0.29) is 18.3 Å². The van der Waals surface area contributed by atoms with E-state index in [0.717, 1.165) is 6.54 Å². The lowest BCUT2D eigenvalue weighted by Gasteiger charge is -2.21. The zero-order valence-electron chi connectivity index (χ0n) is 11.6. The van der Waals surface area contributed by atoms with Crippen LogP contribution in [0.3, 0.4) is 0 Å². The number of carboxylic acid groups (broad SMARTS) is 1. The quantitative estimate of drug-likeness (QED) is 0.867. The van der Waals surface area contributed by atoms with E-state index < -0.39 is 5.97 Å². The van der Waals surface area contributed by atoms with E-state index >= 15 is 0 Å². The smallest absolute Gasteiger partial charge is 0.371 e. The third kappa shape index (κ3) is 3.76. The molecule has 0 saturated heterocycles. The van der Waals surface area contributed by atoms with Crippen LogP contribution < -0.4 is 5.32 Å². The zero-order chi connectivity index (χ0) is 14.5. The minimum atomic E-state index is -1.11. The van der Waals surface area contributed by atoms with Gasteiger partial charge in [-0.2, -0.15) is 0 Å². The summed E-state index contributed by atoms with van der Waals surface area (Å²) in [5.74, 6) is -0.188. The van der Waals surface area contributed by atoms with Crippen molar-refractivity contribution in [3.63, 3.8) is 0 Å². The molecule has 0 aromatic carbocycles. The van der Waals surface area contributed by atoms with Crippen molar-refractivity contribution in [2.75, 3.05) is 13.6 Å².